The van der Waals surface area contributed by atoms with Crippen molar-refractivity contribution >= 4 is 11.5 Å². The summed E-state index contributed by atoms with van der Waals surface area (Å²) in [6.07, 6.45) is 5.75. The van der Waals surface area contributed by atoms with Gasteiger partial charge in [-0.15, -0.1) is 0 Å². The molecule has 0 radical (unpaired) electrons. The highest BCUT2D eigenvalue weighted by Gasteiger charge is 2.22. The molecule has 0 amide bonds. The molecule has 5 rings (SSSR count). The van der Waals surface area contributed by atoms with E-state index in [0.717, 1.165) is 53.6 Å². The van der Waals surface area contributed by atoms with Crippen molar-refractivity contribution in [2.45, 2.75) is 19.6 Å². The van der Waals surface area contributed by atoms with Gasteiger partial charge in [0.05, 0.1) is 36.9 Å². The molecule has 0 aliphatic carbocycles. The third-order valence-electron chi connectivity index (χ3n) is 5.27. The normalized spacial score (nSPS) is 18.9. The summed E-state index contributed by atoms with van der Waals surface area (Å²) < 4.78 is 7.46. The summed E-state index contributed by atoms with van der Waals surface area (Å²) in [4.78, 5) is 16.0. The first-order valence-corrected chi connectivity index (χ1v) is 9.53. The quantitative estimate of drug-likeness (QED) is 0.704. The largest absolute Gasteiger partial charge is 0.375 e. The molecule has 1 aromatic carbocycles. The number of hydrogen-bond donors (Lipinski definition) is 0. The first-order chi connectivity index (χ1) is 13.7. The van der Waals surface area contributed by atoms with Crippen LogP contribution >= 0.6 is 0 Å². The number of nitrogens with zero attached hydrogens (tertiary/aromatic N) is 6. The van der Waals surface area contributed by atoms with Crippen molar-refractivity contribution in [2.24, 2.45) is 12.0 Å². The Morgan fingerprint density at radius 3 is 2.89 bits per heavy atom. The summed E-state index contributed by atoms with van der Waals surface area (Å²) in [5.74, 6) is 0.930. The van der Waals surface area contributed by atoms with Gasteiger partial charge in [0, 0.05) is 43.5 Å². The van der Waals surface area contributed by atoms with Crippen molar-refractivity contribution in [3.63, 3.8) is 0 Å². The topological polar surface area (TPSA) is 68.4 Å². The summed E-state index contributed by atoms with van der Waals surface area (Å²) in [7, 11) is 1.93. The Hall–Kier alpha value is -3.06. The molecule has 3 aromatic rings. The lowest BCUT2D eigenvalue weighted by atomic mass is 9.98. The number of hydrogen-bond acceptors (Lipinski definition) is 6. The van der Waals surface area contributed by atoms with Gasteiger partial charge in [0.15, 0.2) is 0 Å². The van der Waals surface area contributed by atoms with E-state index in [2.05, 4.69) is 45.1 Å². The van der Waals surface area contributed by atoms with Gasteiger partial charge < -0.3 is 9.64 Å². The van der Waals surface area contributed by atoms with Crippen molar-refractivity contribution in [1.82, 2.24) is 19.7 Å². The van der Waals surface area contributed by atoms with Crippen molar-refractivity contribution in [3.05, 3.63) is 59.8 Å². The standard InChI is InChI=1S/C21H22N6O/c1-14-11-27(5-6-28-14)20-8-19(23-13-24-20)21-18-7-15(3-4-16(18)9-22-21)17-10-25-26(2)12-17/h3-4,7-8,10,12-14H,5-6,9,11H2,1-2H3/t14-/m0/s1. The van der Waals surface area contributed by atoms with Gasteiger partial charge in [-0.05, 0) is 24.1 Å². The Bertz CT molecular complexity index is 1060. The molecule has 0 spiro atoms. The molecule has 1 atom stereocenters. The SMILES string of the molecule is C[C@H]1CN(c2cc(C3=NCc4ccc(-c5cnn(C)c5)cc43)ncn2)CCO1. The Kier molecular flexibility index (Phi) is 4.16. The molecule has 142 valence electrons. The average molecular weight is 374 g/mol. The molecular weight excluding hydrogens is 352 g/mol. The van der Waals surface area contributed by atoms with Crippen LogP contribution in [0.1, 0.15) is 23.7 Å². The van der Waals surface area contributed by atoms with Crippen LogP contribution in [0.5, 0.6) is 0 Å². The third kappa shape index (κ3) is 3.07. The first-order valence-electron chi connectivity index (χ1n) is 9.53. The van der Waals surface area contributed by atoms with E-state index in [1.165, 1.54) is 5.56 Å². The predicted octanol–water partition coefficient (Wildman–Crippen LogP) is 2.45. The molecule has 2 aliphatic heterocycles. The molecule has 0 bridgehead atoms. The van der Waals surface area contributed by atoms with Gasteiger partial charge in [-0.1, -0.05) is 12.1 Å². The smallest absolute Gasteiger partial charge is 0.132 e. The number of morpholine rings is 1. The Morgan fingerprint density at radius 2 is 2.07 bits per heavy atom. The third-order valence-corrected chi connectivity index (χ3v) is 5.27. The molecule has 2 aliphatic rings. The summed E-state index contributed by atoms with van der Waals surface area (Å²) >= 11 is 0. The molecule has 1 saturated heterocycles. The van der Waals surface area contributed by atoms with Crippen LogP contribution in [0.15, 0.2) is 48.0 Å². The lowest BCUT2D eigenvalue weighted by Crippen LogP contribution is -2.41. The zero-order valence-electron chi connectivity index (χ0n) is 16.0. The van der Waals surface area contributed by atoms with Crippen LogP contribution in [0.3, 0.4) is 0 Å². The molecule has 2 aromatic heterocycles. The highest BCUT2D eigenvalue weighted by atomic mass is 16.5. The van der Waals surface area contributed by atoms with Crippen molar-refractivity contribution in [2.75, 3.05) is 24.6 Å². The van der Waals surface area contributed by atoms with E-state index in [4.69, 9.17) is 9.73 Å². The molecule has 4 heterocycles. The van der Waals surface area contributed by atoms with Crippen LogP contribution in [0.4, 0.5) is 5.82 Å². The zero-order chi connectivity index (χ0) is 19.1. The zero-order valence-corrected chi connectivity index (χ0v) is 16.0. The van der Waals surface area contributed by atoms with Crippen LogP contribution in [-0.2, 0) is 18.3 Å². The van der Waals surface area contributed by atoms with E-state index >= 15 is 0 Å². The maximum Gasteiger partial charge on any atom is 0.132 e. The van der Waals surface area contributed by atoms with Gasteiger partial charge in [0.1, 0.15) is 12.1 Å². The molecule has 0 N–H and O–H groups in total. The molecule has 7 nitrogen and oxygen atoms in total. The number of anilines is 1. The molecule has 1 fully saturated rings. The average Bonchev–Trinajstić information content (AvgIpc) is 3.34. The molecule has 7 heteroatoms. The second kappa shape index (κ2) is 6.83. The first kappa shape index (κ1) is 17.1. The molecular formula is C21H22N6O. The lowest BCUT2D eigenvalue weighted by Gasteiger charge is -2.32. The van der Waals surface area contributed by atoms with Crippen molar-refractivity contribution in [1.29, 1.82) is 0 Å². The maximum absolute atomic E-state index is 5.65. The van der Waals surface area contributed by atoms with Crippen LogP contribution in [0.25, 0.3) is 11.1 Å². The molecule has 0 saturated carbocycles. The second-order valence-corrected chi connectivity index (χ2v) is 7.33. The fourth-order valence-electron chi connectivity index (χ4n) is 3.83. The number of ether oxygens (including phenoxy) is 1. The van der Waals surface area contributed by atoms with E-state index < -0.39 is 0 Å². The Balaban J connectivity index is 1.48. The number of aromatic nitrogens is 4. The van der Waals surface area contributed by atoms with E-state index in [1.54, 1.807) is 6.33 Å². The fourth-order valence-corrected chi connectivity index (χ4v) is 3.83. The minimum atomic E-state index is 0.207. The van der Waals surface area contributed by atoms with E-state index in [9.17, 15) is 0 Å². The second-order valence-electron chi connectivity index (χ2n) is 7.33. The molecule has 0 unspecified atom stereocenters. The van der Waals surface area contributed by atoms with Gasteiger partial charge in [0.2, 0.25) is 0 Å². The monoisotopic (exact) mass is 374 g/mol. The number of aliphatic imine (C=N–C) groups is 1. The number of benzene rings is 1. The van der Waals surface area contributed by atoms with E-state index in [-0.39, 0.29) is 6.10 Å². The summed E-state index contributed by atoms with van der Waals surface area (Å²) in [5.41, 5.74) is 6.40. The maximum atomic E-state index is 5.65. The number of aryl methyl sites for hydroxylation is 1. The molecule has 28 heavy (non-hydrogen) atoms. The predicted molar refractivity (Wildman–Crippen MR) is 108 cm³/mol. The van der Waals surface area contributed by atoms with Gasteiger partial charge in [0.25, 0.3) is 0 Å². The van der Waals surface area contributed by atoms with Crippen LogP contribution in [-0.4, -0.2) is 51.3 Å². The van der Waals surface area contributed by atoms with Crippen LogP contribution in [0.2, 0.25) is 0 Å². The summed E-state index contributed by atoms with van der Waals surface area (Å²) in [6, 6.07) is 8.52. The van der Waals surface area contributed by atoms with Crippen LogP contribution < -0.4 is 4.90 Å². The highest BCUT2D eigenvalue weighted by Crippen LogP contribution is 2.29. The minimum Gasteiger partial charge on any atom is -0.375 e. The van der Waals surface area contributed by atoms with E-state index in [1.807, 2.05) is 30.2 Å². The Labute approximate surface area is 163 Å². The van der Waals surface area contributed by atoms with Gasteiger partial charge in [-0.3, -0.25) is 9.67 Å². The number of fused-ring (bicyclic) bond motifs is 1. The highest BCUT2D eigenvalue weighted by molar-refractivity contribution is 6.14. The van der Waals surface area contributed by atoms with Gasteiger partial charge in [-0.2, -0.15) is 5.10 Å². The summed E-state index contributed by atoms with van der Waals surface area (Å²) in [5, 5.41) is 4.28. The number of rotatable bonds is 3. The van der Waals surface area contributed by atoms with Gasteiger partial charge in [-0.25, -0.2) is 9.97 Å². The van der Waals surface area contributed by atoms with Crippen molar-refractivity contribution in [3.8, 4) is 11.1 Å². The van der Waals surface area contributed by atoms with E-state index in [0.29, 0.717) is 6.54 Å². The summed E-state index contributed by atoms with van der Waals surface area (Å²) in [6.45, 7) is 5.18. The van der Waals surface area contributed by atoms with Crippen molar-refractivity contribution < 1.29 is 4.74 Å². The minimum absolute atomic E-state index is 0.207. The lowest BCUT2D eigenvalue weighted by molar-refractivity contribution is 0.0529. The van der Waals surface area contributed by atoms with Gasteiger partial charge >= 0.3 is 0 Å². The fraction of sp³-hybridized carbons (Fsp3) is 0.333. The van der Waals surface area contributed by atoms with Crippen LogP contribution in [0, 0.1) is 0 Å². The Morgan fingerprint density at radius 1 is 1.14 bits per heavy atom.